The van der Waals surface area contributed by atoms with Crippen LogP contribution >= 0.6 is 0 Å². The quantitative estimate of drug-likeness (QED) is 0.818. The van der Waals surface area contributed by atoms with Crippen molar-refractivity contribution in [3.8, 4) is 0 Å². The number of amides is 2. The highest BCUT2D eigenvalue weighted by molar-refractivity contribution is 5.89. The number of urea groups is 1. The Morgan fingerprint density at radius 1 is 1.27 bits per heavy atom. The van der Waals surface area contributed by atoms with Crippen LogP contribution in [0.25, 0.3) is 0 Å². The molecule has 3 aliphatic rings. The number of carbonyl (C=O) groups is 1. The number of halogens is 1. The Morgan fingerprint density at radius 3 is 2.73 bits per heavy atom. The molecule has 1 N–H and O–H groups in total. The second-order valence-electron chi connectivity index (χ2n) is 9.15. The predicted molar refractivity (Wildman–Crippen MR) is 110 cm³/mol. The summed E-state index contributed by atoms with van der Waals surface area (Å²) in [4.78, 5) is 21.4. The number of carbonyl (C=O) groups excluding carboxylic acids is 1. The van der Waals surface area contributed by atoms with Crippen molar-refractivity contribution in [2.45, 2.75) is 50.5 Å². The van der Waals surface area contributed by atoms with E-state index in [1.165, 1.54) is 12.5 Å². The lowest BCUT2D eigenvalue weighted by atomic mass is 9.76. The molecule has 8 heteroatoms. The number of benzene rings is 1. The number of para-hydroxylation sites is 1. The molecule has 1 aliphatic carbocycles. The summed E-state index contributed by atoms with van der Waals surface area (Å²) in [6.45, 7) is 2.30. The molecule has 0 bridgehead atoms. The summed E-state index contributed by atoms with van der Waals surface area (Å²) in [5, 5.41) is 6.99. The Labute approximate surface area is 175 Å². The first-order chi connectivity index (χ1) is 14.5. The van der Waals surface area contributed by atoms with Gasteiger partial charge in [-0.1, -0.05) is 23.7 Å². The van der Waals surface area contributed by atoms with Gasteiger partial charge in [-0.25, -0.2) is 9.18 Å². The van der Waals surface area contributed by atoms with Crippen LogP contribution in [0.3, 0.4) is 0 Å². The molecule has 2 amide bonds. The number of hydrogen-bond acceptors (Lipinski definition) is 5. The molecule has 2 saturated heterocycles. The summed E-state index contributed by atoms with van der Waals surface area (Å²) in [7, 11) is 2.12. The number of piperidine rings is 1. The molecule has 3 heterocycles. The first kappa shape index (κ1) is 19.5. The third kappa shape index (κ3) is 3.57. The van der Waals surface area contributed by atoms with Gasteiger partial charge < -0.3 is 14.7 Å². The van der Waals surface area contributed by atoms with Crippen molar-refractivity contribution in [2.24, 2.45) is 5.41 Å². The van der Waals surface area contributed by atoms with E-state index in [1.54, 1.807) is 23.1 Å². The van der Waals surface area contributed by atoms with E-state index in [0.717, 1.165) is 50.4 Å². The molecule has 3 fully saturated rings. The maximum atomic E-state index is 13.8. The zero-order valence-corrected chi connectivity index (χ0v) is 17.3. The van der Waals surface area contributed by atoms with Crippen LogP contribution in [-0.2, 0) is 0 Å². The van der Waals surface area contributed by atoms with Crippen molar-refractivity contribution in [1.29, 1.82) is 0 Å². The van der Waals surface area contributed by atoms with Crippen molar-refractivity contribution >= 4 is 11.7 Å². The highest BCUT2D eigenvalue weighted by atomic mass is 19.1. The molecule has 1 aromatic heterocycles. The molecule has 160 valence electrons. The highest BCUT2D eigenvalue weighted by Gasteiger charge is 2.46. The van der Waals surface area contributed by atoms with Crippen LogP contribution in [0.5, 0.6) is 0 Å². The van der Waals surface area contributed by atoms with Crippen molar-refractivity contribution < 1.29 is 13.7 Å². The van der Waals surface area contributed by atoms with E-state index in [0.29, 0.717) is 19.0 Å². The maximum absolute atomic E-state index is 13.8. The number of hydrogen-bond donors (Lipinski definition) is 1. The number of anilines is 1. The molecule has 30 heavy (non-hydrogen) atoms. The third-order valence-electron chi connectivity index (χ3n) is 7.18. The molecule has 7 nitrogen and oxygen atoms in total. The number of likely N-dealkylation sites (tertiary alicyclic amines) is 2. The van der Waals surface area contributed by atoms with Gasteiger partial charge in [-0.3, -0.25) is 4.90 Å². The molecular formula is C22H28FN5O2. The molecule has 5 rings (SSSR count). The van der Waals surface area contributed by atoms with E-state index >= 15 is 0 Å². The van der Waals surface area contributed by atoms with Gasteiger partial charge in [-0.2, -0.15) is 4.98 Å². The summed E-state index contributed by atoms with van der Waals surface area (Å²) in [6.07, 6.45) is 6.37. The first-order valence-corrected chi connectivity index (χ1v) is 10.9. The normalized spacial score (nSPS) is 24.2. The van der Waals surface area contributed by atoms with Gasteiger partial charge in [0.2, 0.25) is 5.89 Å². The van der Waals surface area contributed by atoms with Gasteiger partial charge in [0.25, 0.3) is 0 Å². The third-order valence-corrected chi connectivity index (χ3v) is 7.18. The average molecular weight is 413 g/mol. The molecule has 1 unspecified atom stereocenters. The van der Waals surface area contributed by atoms with Gasteiger partial charge in [0.15, 0.2) is 5.82 Å². The minimum Gasteiger partial charge on any atom is -0.339 e. The highest BCUT2D eigenvalue weighted by Crippen LogP contribution is 2.48. The van der Waals surface area contributed by atoms with E-state index in [9.17, 15) is 9.18 Å². The lowest BCUT2D eigenvalue weighted by Gasteiger charge is -2.39. The SMILES string of the molecule is CN1CC2(CCN(C(=O)Nc3ccccc3F)CC2)CC1c1noc(C2CCC2)n1. The van der Waals surface area contributed by atoms with Crippen LogP contribution in [0.15, 0.2) is 28.8 Å². The number of aromatic nitrogens is 2. The lowest BCUT2D eigenvalue weighted by Crippen LogP contribution is -2.45. The Balaban J connectivity index is 1.20. The molecule has 2 aliphatic heterocycles. The fraction of sp³-hybridized carbons (Fsp3) is 0.591. The Kier molecular flexibility index (Phi) is 4.97. The van der Waals surface area contributed by atoms with Gasteiger partial charge >= 0.3 is 6.03 Å². The number of nitrogens with zero attached hydrogens (tertiary/aromatic N) is 4. The van der Waals surface area contributed by atoms with Gasteiger partial charge in [0.1, 0.15) is 5.82 Å². The zero-order valence-electron chi connectivity index (χ0n) is 17.3. The predicted octanol–water partition coefficient (Wildman–Crippen LogP) is 4.17. The first-order valence-electron chi connectivity index (χ1n) is 10.9. The lowest BCUT2D eigenvalue weighted by molar-refractivity contribution is 0.128. The van der Waals surface area contributed by atoms with Crippen LogP contribution in [0.2, 0.25) is 0 Å². The minimum atomic E-state index is -0.416. The fourth-order valence-corrected chi connectivity index (χ4v) is 5.07. The zero-order chi connectivity index (χ0) is 20.7. The molecule has 1 spiro atoms. The van der Waals surface area contributed by atoms with Gasteiger partial charge in [-0.15, -0.1) is 0 Å². The van der Waals surface area contributed by atoms with Gasteiger partial charge in [0, 0.05) is 25.6 Å². The summed E-state index contributed by atoms with van der Waals surface area (Å²) < 4.78 is 19.4. The minimum absolute atomic E-state index is 0.158. The van der Waals surface area contributed by atoms with E-state index < -0.39 is 5.82 Å². The van der Waals surface area contributed by atoms with Crippen LogP contribution in [-0.4, -0.2) is 52.7 Å². The van der Waals surface area contributed by atoms with Crippen LogP contribution in [0.4, 0.5) is 14.9 Å². The Bertz CT molecular complexity index is 920. The Hall–Kier alpha value is -2.48. The van der Waals surface area contributed by atoms with Crippen molar-refractivity contribution in [2.75, 3.05) is 32.0 Å². The largest absolute Gasteiger partial charge is 0.339 e. The second-order valence-corrected chi connectivity index (χ2v) is 9.15. The summed E-state index contributed by atoms with van der Waals surface area (Å²) >= 11 is 0. The fourth-order valence-electron chi connectivity index (χ4n) is 5.07. The van der Waals surface area contributed by atoms with Crippen LogP contribution in [0.1, 0.15) is 62.2 Å². The summed E-state index contributed by atoms with van der Waals surface area (Å²) in [6, 6.07) is 6.19. The van der Waals surface area contributed by atoms with E-state index in [-0.39, 0.29) is 23.2 Å². The standard InChI is InChI=1S/C22H28FN5O2/c1-27-14-22(13-18(27)19-25-20(30-26-19)15-5-4-6-15)9-11-28(12-10-22)21(29)24-17-8-3-2-7-16(17)23/h2-3,7-8,15,18H,4-6,9-14H2,1H3,(H,24,29). The van der Waals surface area contributed by atoms with E-state index in [4.69, 9.17) is 9.51 Å². The van der Waals surface area contributed by atoms with Crippen molar-refractivity contribution in [1.82, 2.24) is 19.9 Å². The molecule has 1 atom stereocenters. The van der Waals surface area contributed by atoms with Gasteiger partial charge in [-0.05, 0) is 56.7 Å². The van der Waals surface area contributed by atoms with E-state index in [2.05, 4.69) is 22.4 Å². The topological polar surface area (TPSA) is 74.5 Å². The molecule has 1 saturated carbocycles. The molecule has 0 radical (unpaired) electrons. The smallest absolute Gasteiger partial charge is 0.321 e. The summed E-state index contributed by atoms with van der Waals surface area (Å²) in [5.74, 6) is 1.63. The number of rotatable bonds is 3. The Morgan fingerprint density at radius 2 is 2.03 bits per heavy atom. The monoisotopic (exact) mass is 413 g/mol. The van der Waals surface area contributed by atoms with Crippen molar-refractivity contribution in [3.05, 3.63) is 41.8 Å². The molecule has 2 aromatic rings. The maximum Gasteiger partial charge on any atom is 0.321 e. The van der Waals surface area contributed by atoms with Crippen LogP contribution in [0, 0.1) is 11.2 Å². The molecular weight excluding hydrogens is 385 g/mol. The van der Waals surface area contributed by atoms with Crippen LogP contribution < -0.4 is 5.32 Å². The van der Waals surface area contributed by atoms with E-state index in [1.807, 2.05) is 0 Å². The second kappa shape index (κ2) is 7.65. The van der Waals surface area contributed by atoms with Crippen molar-refractivity contribution in [3.63, 3.8) is 0 Å². The number of nitrogens with one attached hydrogen (secondary N) is 1. The summed E-state index contributed by atoms with van der Waals surface area (Å²) in [5.41, 5.74) is 0.383. The van der Waals surface area contributed by atoms with Gasteiger partial charge in [0.05, 0.1) is 11.7 Å². The average Bonchev–Trinajstić information content (AvgIpc) is 3.28. The molecule has 1 aromatic carbocycles.